The van der Waals surface area contributed by atoms with Crippen LogP contribution in [0, 0.1) is 0 Å². The average molecular weight is 353 g/mol. The first-order chi connectivity index (χ1) is 12.7. The van der Waals surface area contributed by atoms with Crippen molar-refractivity contribution in [1.29, 1.82) is 0 Å². The SMILES string of the molecule is CC1C(=O)N(CCc2ccc3c(c2)OCO3)Cc2c1ccc1c2OCO1. The lowest BCUT2D eigenvalue weighted by atomic mass is 9.89. The highest BCUT2D eigenvalue weighted by atomic mass is 16.7. The summed E-state index contributed by atoms with van der Waals surface area (Å²) in [6, 6.07) is 9.82. The summed E-state index contributed by atoms with van der Waals surface area (Å²) in [6.07, 6.45) is 0.761. The van der Waals surface area contributed by atoms with E-state index in [9.17, 15) is 4.79 Å². The van der Waals surface area contributed by atoms with Gasteiger partial charge in [0, 0.05) is 18.7 Å². The molecular formula is C20H19NO5. The van der Waals surface area contributed by atoms with Gasteiger partial charge < -0.3 is 23.8 Å². The molecule has 3 aliphatic rings. The van der Waals surface area contributed by atoms with E-state index >= 15 is 0 Å². The third kappa shape index (κ3) is 2.36. The van der Waals surface area contributed by atoms with Crippen LogP contribution >= 0.6 is 0 Å². The third-order valence-electron chi connectivity index (χ3n) is 5.28. The molecule has 3 heterocycles. The van der Waals surface area contributed by atoms with E-state index in [-0.39, 0.29) is 25.4 Å². The number of nitrogens with zero attached hydrogens (tertiary/aromatic N) is 1. The predicted octanol–water partition coefficient (Wildman–Crippen LogP) is 2.83. The molecule has 0 fully saturated rings. The Bertz CT molecular complexity index is 894. The molecule has 0 saturated carbocycles. The van der Waals surface area contributed by atoms with Gasteiger partial charge in [0.25, 0.3) is 0 Å². The van der Waals surface area contributed by atoms with Crippen LogP contribution in [0.2, 0.25) is 0 Å². The normalized spacial score (nSPS) is 19.7. The van der Waals surface area contributed by atoms with Crippen molar-refractivity contribution in [2.24, 2.45) is 0 Å². The van der Waals surface area contributed by atoms with Crippen LogP contribution in [0.3, 0.4) is 0 Å². The standard InChI is InChI=1S/C20H19NO5/c1-12-14-3-5-17-19(26-11-24-17)15(14)9-21(20(12)22)7-6-13-2-4-16-18(8-13)25-10-23-16/h2-5,8,12H,6-7,9-11H2,1H3. The smallest absolute Gasteiger partial charge is 0.231 e. The van der Waals surface area contributed by atoms with Crippen LogP contribution in [0.5, 0.6) is 23.0 Å². The van der Waals surface area contributed by atoms with E-state index in [1.807, 2.05) is 42.2 Å². The molecule has 2 aromatic carbocycles. The maximum absolute atomic E-state index is 12.8. The highest BCUT2D eigenvalue weighted by Gasteiger charge is 2.34. The summed E-state index contributed by atoms with van der Waals surface area (Å²) >= 11 is 0. The molecule has 3 aliphatic heterocycles. The number of ether oxygens (including phenoxy) is 4. The van der Waals surface area contributed by atoms with Crippen molar-refractivity contribution in [3.05, 3.63) is 47.0 Å². The van der Waals surface area contributed by atoms with E-state index < -0.39 is 0 Å². The van der Waals surface area contributed by atoms with Gasteiger partial charge in [-0.05, 0) is 42.7 Å². The summed E-state index contributed by atoms with van der Waals surface area (Å²) in [4.78, 5) is 14.7. The van der Waals surface area contributed by atoms with Gasteiger partial charge in [0.15, 0.2) is 23.0 Å². The fourth-order valence-corrected chi connectivity index (χ4v) is 3.84. The first-order valence-electron chi connectivity index (χ1n) is 8.79. The average Bonchev–Trinajstić information content (AvgIpc) is 3.31. The Balaban J connectivity index is 1.37. The first kappa shape index (κ1) is 15.4. The van der Waals surface area contributed by atoms with Gasteiger partial charge in [0.2, 0.25) is 19.5 Å². The third-order valence-corrected chi connectivity index (χ3v) is 5.28. The molecule has 0 aromatic heterocycles. The number of rotatable bonds is 3. The maximum Gasteiger partial charge on any atom is 0.231 e. The zero-order valence-electron chi connectivity index (χ0n) is 14.5. The zero-order chi connectivity index (χ0) is 17.7. The number of fused-ring (bicyclic) bond motifs is 4. The molecule has 0 bridgehead atoms. The minimum absolute atomic E-state index is 0.150. The highest BCUT2D eigenvalue weighted by Crippen LogP contribution is 2.43. The molecule has 1 unspecified atom stereocenters. The summed E-state index contributed by atoms with van der Waals surface area (Å²) in [6.45, 7) is 3.66. The van der Waals surface area contributed by atoms with E-state index in [1.54, 1.807) is 0 Å². The van der Waals surface area contributed by atoms with Gasteiger partial charge in [0.05, 0.1) is 5.92 Å². The van der Waals surface area contributed by atoms with Gasteiger partial charge in [-0.2, -0.15) is 0 Å². The quantitative estimate of drug-likeness (QED) is 0.849. The predicted molar refractivity (Wildman–Crippen MR) is 92.7 cm³/mol. The zero-order valence-corrected chi connectivity index (χ0v) is 14.5. The molecule has 5 rings (SSSR count). The van der Waals surface area contributed by atoms with Gasteiger partial charge in [-0.1, -0.05) is 12.1 Å². The number of hydrogen-bond acceptors (Lipinski definition) is 5. The summed E-state index contributed by atoms with van der Waals surface area (Å²) in [7, 11) is 0. The molecule has 6 nitrogen and oxygen atoms in total. The molecule has 1 atom stereocenters. The molecule has 0 radical (unpaired) electrons. The van der Waals surface area contributed by atoms with Crippen molar-refractivity contribution in [3.8, 4) is 23.0 Å². The van der Waals surface area contributed by atoms with Gasteiger partial charge in [-0.25, -0.2) is 0 Å². The van der Waals surface area contributed by atoms with Gasteiger partial charge in [-0.15, -0.1) is 0 Å². The van der Waals surface area contributed by atoms with Crippen LogP contribution < -0.4 is 18.9 Å². The van der Waals surface area contributed by atoms with Crippen molar-refractivity contribution in [2.75, 3.05) is 20.1 Å². The summed E-state index contributed by atoms with van der Waals surface area (Å²) in [5.41, 5.74) is 3.23. The topological polar surface area (TPSA) is 57.2 Å². The van der Waals surface area contributed by atoms with E-state index in [2.05, 4.69) is 0 Å². The fourth-order valence-electron chi connectivity index (χ4n) is 3.84. The molecule has 0 N–H and O–H groups in total. The van der Waals surface area contributed by atoms with Crippen LogP contribution in [-0.2, 0) is 17.8 Å². The lowest BCUT2D eigenvalue weighted by Gasteiger charge is -2.33. The Morgan fingerprint density at radius 1 is 1.00 bits per heavy atom. The number of amides is 1. The second kappa shape index (κ2) is 5.83. The second-order valence-electron chi connectivity index (χ2n) is 6.79. The first-order valence-corrected chi connectivity index (χ1v) is 8.79. The molecular weight excluding hydrogens is 334 g/mol. The Hall–Kier alpha value is -2.89. The van der Waals surface area contributed by atoms with E-state index in [4.69, 9.17) is 18.9 Å². The molecule has 0 saturated heterocycles. The van der Waals surface area contributed by atoms with Gasteiger partial charge in [0.1, 0.15) is 0 Å². The lowest BCUT2D eigenvalue weighted by Crippen LogP contribution is -2.39. The molecule has 26 heavy (non-hydrogen) atoms. The van der Waals surface area contributed by atoms with Crippen molar-refractivity contribution in [2.45, 2.75) is 25.8 Å². The molecule has 0 aliphatic carbocycles. The Morgan fingerprint density at radius 3 is 2.69 bits per heavy atom. The van der Waals surface area contributed by atoms with Crippen molar-refractivity contribution in [3.63, 3.8) is 0 Å². The Morgan fingerprint density at radius 2 is 1.77 bits per heavy atom. The molecule has 2 aromatic rings. The molecule has 134 valence electrons. The number of carbonyl (C=O) groups is 1. The van der Waals surface area contributed by atoms with Crippen LogP contribution in [0.4, 0.5) is 0 Å². The van der Waals surface area contributed by atoms with Crippen LogP contribution in [0.1, 0.15) is 29.5 Å². The van der Waals surface area contributed by atoms with Crippen molar-refractivity contribution in [1.82, 2.24) is 4.90 Å². The monoisotopic (exact) mass is 353 g/mol. The Labute approximate surface area is 151 Å². The molecule has 0 spiro atoms. The second-order valence-corrected chi connectivity index (χ2v) is 6.79. The summed E-state index contributed by atoms with van der Waals surface area (Å²) in [5.74, 6) is 3.07. The van der Waals surface area contributed by atoms with E-state index in [0.717, 1.165) is 46.1 Å². The van der Waals surface area contributed by atoms with Gasteiger partial charge >= 0.3 is 0 Å². The van der Waals surface area contributed by atoms with E-state index in [1.165, 1.54) is 0 Å². The molecule has 1 amide bonds. The number of benzene rings is 2. The van der Waals surface area contributed by atoms with Crippen LogP contribution in [0.25, 0.3) is 0 Å². The maximum atomic E-state index is 12.8. The van der Waals surface area contributed by atoms with E-state index in [0.29, 0.717) is 13.1 Å². The highest BCUT2D eigenvalue weighted by molar-refractivity contribution is 5.86. The number of hydrogen-bond donors (Lipinski definition) is 0. The summed E-state index contributed by atoms with van der Waals surface area (Å²) in [5, 5.41) is 0. The summed E-state index contributed by atoms with van der Waals surface area (Å²) < 4.78 is 21.9. The van der Waals surface area contributed by atoms with Crippen molar-refractivity contribution < 1.29 is 23.7 Å². The minimum Gasteiger partial charge on any atom is -0.454 e. The number of carbonyl (C=O) groups excluding carboxylic acids is 1. The van der Waals surface area contributed by atoms with Crippen molar-refractivity contribution >= 4 is 5.91 Å². The Kier molecular flexibility index (Phi) is 3.45. The lowest BCUT2D eigenvalue weighted by molar-refractivity contribution is -0.134. The van der Waals surface area contributed by atoms with Crippen LogP contribution in [-0.4, -0.2) is 30.9 Å². The molecule has 6 heteroatoms. The minimum atomic E-state index is -0.176. The fraction of sp³-hybridized carbons (Fsp3) is 0.350. The van der Waals surface area contributed by atoms with Gasteiger partial charge in [-0.3, -0.25) is 4.79 Å². The largest absolute Gasteiger partial charge is 0.454 e. The van der Waals surface area contributed by atoms with Crippen LogP contribution in [0.15, 0.2) is 30.3 Å².